The lowest BCUT2D eigenvalue weighted by molar-refractivity contribution is -0.0236. The van der Waals surface area contributed by atoms with Crippen molar-refractivity contribution in [2.24, 2.45) is 0 Å². The van der Waals surface area contributed by atoms with Crippen LogP contribution in [0.15, 0.2) is 0 Å². The third kappa shape index (κ3) is 1.91. The number of nitrogens with one attached hydrogen (secondary N) is 1. The Bertz CT molecular complexity index is 650. The summed E-state index contributed by atoms with van der Waals surface area (Å²) < 4.78 is 5.40. The van der Waals surface area contributed by atoms with Gasteiger partial charge in [0.05, 0.1) is 12.3 Å². The molecule has 10 heteroatoms. The van der Waals surface area contributed by atoms with Crippen molar-refractivity contribution in [3.05, 3.63) is 11.0 Å². The molecule has 1 saturated heterocycles. The van der Waals surface area contributed by atoms with Gasteiger partial charge in [0, 0.05) is 0 Å². The standard InChI is InChI=1S/C10H12ClN5O4/c11-10-13-3-4(15-16-5(3)9(12)14-10)8-7(19)6(18)2(1-17)20-8/h2,6-8,17-19H,1H2,(H,15,16)(H2,12,13,14)/t2-,6-,7-,8+/m1/s1. The SMILES string of the molecule is Nc1nc(Cl)nc2c([C@@H]3O[C@H](CO)[C@@H](O)[C@H]3O)[nH]nc12. The number of aromatic amines is 1. The Labute approximate surface area is 117 Å². The Balaban J connectivity index is 2.07. The number of anilines is 1. The van der Waals surface area contributed by atoms with Crippen molar-refractivity contribution in [1.82, 2.24) is 20.2 Å². The molecule has 3 heterocycles. The summed E-state index contributed by atoms with van der Waals surface area (Å²) in [6.45, 7) is -0.418. The van der Waals surface area contributed by atoms with E-state index in [1.54, 1.807) is 0 Å². The zero-order chi connectivity index (χ0) is 14.4. The molecule has 4 atom stereocenters. The Morgan fingerprint density at radius 3 is 2.65 bits per heavy atom. The van der Waals surface area contributed by atoms with Crippen molar-refractivity contribution in [1.29, 1.82) is 0 Å². The quantitative estimate of drug-likeness (QED) is 0.431. The number of nitrogen functional groups attached to an aromatic ring is 1. The lowest BCUT2D eigenvalue weighted by Crippen LogP contribution is -2.32. The van der Waals surface area contributed by atoms with E-state index in [0.717, 1.165) is 0 Å². The smallest absolute Gasteiger partial charge is 0.225 e. The van der Waals surface area contributed by atoms with Crippen molar-refractivity contribution in [3.8, 4) is 0 Å². The third-order valence-electron chi connectivity index (χ3n) is 3.25. The summed E-state index contributed by atoms with van der Waals surface area (Å²) in [5.74, 6) is 0.0919. The zero-order valence-electron chi connectivity index (χ0n) is 10.1. The summed E-state index contributed by atoms with van der Waals surface area (Å²) in [5.41, 5.74) is 6.59. The van der Waals surface area contributed by atoms with E-state index in [1.807, 2.05) is 0 Å². The predicted octanol–water partition coefficient (Wildman–Crippen LogP) is -1.26. The van der Waals surface area contributed by atoms with Crippen LogP contribution in [0.4, 0.5) is 5.82 Å². The lowest BCUT2D eigenvalue weighted by atomic mass is 10.1. The fourth-order valence-corrected chi connectivity index (χ4v) is 2.42. The van der Waals surface area contributed by atoms with Gasteiger partial charge < -0.3 is 25.8 Å². The second kappa shape index (κ2) is 4.79. The minimum atomic E-state index is -1.23. The van der Waals surface area contributed by atoms with E-state index in [-0.39, 0.29) is 11.1 Å². The van der Waals surface area contributed by atoms with Crippen LogP contribution in [0, 0.1) is 0 Å². The molecule has 0 aliphatic carbocycles. The van der Waals surface area contributed by atoms with E-state index in [2.05, 4.69) is 20.2 Å². The summed E-state index contributed by atoms with van der Waals surface area (Å²) in [7, 11) is 0. The molecular weight excluding hydrogens is 290 g/mol. The van der Waals surface area contributed by atoms with Crippen LogP contribution in [-0.2, 0) is 4.74 Å². The van der Waals surface area contributed by atoms with Crippen LogP contribution in [-0.4, -0.2) is 60.4 Å². The average Bonchev–Trinajstić information content (AvgIpc) is 2.93. The van der Waals surface area contributed by atoms with Gasteiger partial charge in [0.15, 0.2) is 11.3 Å². The number of nitrogens with two attached hydrogens (primary N) is 1. The number of aliphatic hydroxyl groups is 3. The van der Waals surface area contributed by atoms with Crippen LogP contribution in [0.5, 0.6) is 0 Å². The molecule has 0 amide bonds. The van der Waals surface area contributed by atoms with Crippen LogP contribution >= 0.6 is 11.6 Å². The van der Waals surface area contributed by atoms with E-state index >= 15 is 0 Å². The van der Waals surface area contributed by atoms with Crippen molar-refractivity contribution in [2.75, 3.05) is 12.3 Å². The minimum absolute atomic E-state index is 0.0654. The molecule has 0 radical (unpaired) electrons. The summed E-state index contributed by atoms with van der Waals surface area (Å²) in [6, 6.07) is 0. The maximum absolute atomic E-state index is 9.99. The molecule has 3 rings (SSSR count). The summed E-state index contributed by atoms with van der Waals surface area (Å²) >= 11 is 5.74. The number of hydrogen-bond acceptors (Lipinski definition) is 8. The van der Waals surface area contributed by atoms with Gasteiger partial charge in [-0.1, -0.05) is 0 Å². The summed E-state index contributed by atoms with van der Waals surface area (Å²) in [5, 5.41) is 35.4. The zero-order valence-corrected chi connectivity index (χ0v) is 10.8. The normalized spacial score (nSPS) is 30.2. The first-order valence-corrected chi connectivity index (χ1v) is 6.20. The molecule has 2 aromatic heterocycles. The number of halogens is 1. The molecule has 1 aliphatic heterocycles. The highest BCUT2D eigenvalue weighted by molar-refractivity contribution is 6.28. The summed E-state index contributed by atoms with van der Waals surface area (Å²) in [6.07, 6.45) is -4.25. The highest BCUT2D eigenvalue weighted by Gasteiger charge is 2.44. The van der Waals surface area contributed by atoms with E-state index < -0.39 is 31.0 Å². The second-order valence-electron chi connectivity index (χ2n) is 4.47. The number of hydrogen-bond donors (Lipinski definition) is 5. The van der Waals surface area contributed by atoms with Gasteiger partial charge in [-0.25, -0.2) is 4.98 Å². The predicted molar refractivity (Wildman–Crippen MR) is 67.8 cm³/mol. The van der Waals surface area contributed by atoms with Gasteiger partial charge >= 0.3 is 0 Å². The molecule has 108 valence electrons. The molecule has 1 fully saturated rings. The Kier molecular flexibility index (Phi) is 3.22. The third-order valence-corrected chi connectivity index (χ3v) is 3.42. The lowest BCUT2D eigenvalue weighted by Gasteiger charge is -2.12. The first kappa shape index (κ1) is 13.5. The monoisotopic (exact) mass is 301 g/mol. The maximum Gasteiger partial charge on any atom is 0.225 e. The maximum atomic E-state index is 9.99. The average molecular weight is 302 g/mol. The highest BCUT2D eigenvalue weighted by Crippen LogP contribution is 2.36. The van der Waals surface area contributed by atoms with Crippen LogP contribution in [0.2, 0.25) is 5.28 Å². The number of H-pyrrole nitrogens is 1. The van der Waals surface area contributed by atoms with Crippen LogP contribution in [0.3, 0.4) is 0 Å². The van der Waals surface area contributed by atoms with Gasteiger partial charge in [0.25, 0.3) is 0 Å². The van der Waals surface area contributed by atoms with Gasteiger partial charge in [-0.3, -0.25) is 5.10 Å². The molecule has 0 saturated carbocycles. The molecule has 0 aromatic carbocycles. The van der Waals surface area contributed by atoms with Crippen molar-refractivity contribution in [2.45, 2.75) is 24.4 Å². The number of ether oxygens (including phenoxy) is 1. The fraction of sp³-hybridized carbons (Fsp3) is 0.500. The van der Waals surface area contributed by atoms with Crippen molar-refractivity contribution >= 4 is 28.5 Å². The molecular formula is C10H12ClN5O4. The Morgan fingerprint density at radius 2 is 2.00 bits per heavy atom. The first-order valence-electron chi connectivity index (χ1n) is 5.82. The van der Waals surface area contributed by atoms with Gasteiger partial charge in [-0.15, -0.1) is 0 Å². The number of aliphatic hydroxyl groups excluding tert-OH is 3. The Hall–Kier alpha value is -1.52. The van der Waals surface area contributed by atoms with E-state index in [4.69, 9.17) is 27.2 Å². The minimum Gasteiger partial charge on any atom is -0.394 e. The molecule has 20 heavy (non-hydrogen) atoms. The Morgan fingerprint density at radius 1 is 1.25 bits per heavy atom. The molecule has 0 unspecified atom stereocenters. The van der Waals surface area contributed by atoms with E-state index in [0.29, 0.717) is 16.7 Å². The molecule has 6 N–H and O–H groups in total. The molecule has 0 bridgehead atoms. The first-order chi connectivity index (χ1) is 9.52. The van der Waals surface area contributed by atoms with Crippen molar-refractivity contribution in [3.63, 3.8) is 0 Å². The fourth-order valence-electron chi connectivity index (χ4n) is 2.25. The highest BCUT2D eigenvalue weighted by atomic mass is 35.5. The van der Waals surface area contributed by atoms with E-state index in [1.165, 1.54) is 0 Å². The van der Waals surface area contributed by atoms with Gasteiger partial charge in [-0.05, 0) is 11.6 Å². The largest absolute Gasteiger partial charge is 0.394 e. The molecule has 9 nitrogen and oxygen atoms in total. The number of fused-ring (bicyclic) bond motifs is 1. The summed E-state index contributed by atoms with van der Waals surface area (Å²) in [4.78, 5) is 7.76. The molecule has 1 aliphatic rings. The number of rotatable bonds is 2. The van der Waals surface area contributed by atoms with Gasteiger partial charge in [-0.2, -0.15) is 10.1 Å². The number of aromatic nitrogens is 4. The van der Waals surface area contributed by atoms with Crippen LogP contribution in [0.25, 0.3) is 11.0 Å². The molecule has 2 aromatic rings. The number of nitrogens with zero attached hydrogens (tertiary/aromatic N) is 3. The van der Waals surface area contributed by atoms with Crippen molar-refractivity contribution < 1.29 is 20.1 Å². The van der Waals surface area contributed by atoms with Gasteiger partial charge in [0.1, 0.15) is 29.9 Å². The molecule has 0 spiro atoms. The van der Waals surface area contributed by atoms with E-state index in [9.17, 15) is 10.2 Å². The van der Waals surface area contributed by atoms with Crippen LogP contribution < -0.4 is 5.73 Å². The van der Waals surface area contributed by atoms with Gasteiger partial charge in [0.2, 0.25) is 5.28 Å². The van der Waals surface area contributed by atoms with Crippen LogP contribution in [0.1, 0.15) is 11.8 Å². The topological polar surface area (TPSA) is 150 Å². The second-order valence-corrected chi connectivity index (χ2v) is 4.81.